The summed E-state index contributed by atoms with van der Waals surface area (Å²) in [6.07, 6.45) is 5.51. The molecule has 0 saturated heterocycles. The third kappa shape index (κ3) is 7.40. The Balaban J connectivity index is 0.00000242. The fourth-order valence-electron chi connectivity index (χ4n) is 2.01. The lowest BCUT2D eigenvalue weighted by Gasteiger charge is -2.12. The van der Waals surface area contributed by atoms with E-state index >= 15 is 0 Å². The number of aromatic nitrogens is 1. The van der Waals surface area contributed by atoms with Crippen LogP contribution in [0.2, 0.25) is 0 Å². The summed E-state index contributed by atoms with van der Waals surface area (Å²) < 4.78 is 5.61. The Morgan fingerprint density at radius 3 is 2.91 bits per heavy atom. The molecule has 5 nitrogen and oxygen atoms in total. The fraction of sp³-hybridized carbons (Fsp3) is 0.625. The number of hydrogen-bond acceptors (Lipinski definition) is 3. The molecule has 1 aromatic rings. The van der Waals surface area contributed by atoms with Gasteiger partial charge in [0.05, 0.1) is 12.2 Å². The number of nitrogens with zero attached hydrogens (tertiary/aromatic N) is 2. The summed E-state index contributed by atoms with van der Waals surface area (Å²) in [7, 11) is 1.78. The number of rotatable bonds is 8. The van der Waals surface area contributed by atoms with Gasteiger partial charge in [-0.2, -0.15) is 0 Å². The van der Waals surface area contributed by atoms with E-state index in [4.69, 9.17) is 4.74 Å². The Bertz CT molecular complexity index is 463. The summed E-state index contributed by atoms with van der Waals surface area (Å²) in [5.74, 6) is 1.65. The number of hydrogen-bond donors (Lipinski definition) is 2. The van der Waals surface area contributed by atoms with E-state index in [1.54, 1.807) is 7.05 Å². The summed E-state index contributed by atoms with van der Waals surface area (Å²) in [6.45, 7) is 5.37. The zero-order chi connectivity index (χ0) is 14.9. The van der Waals surface area contributed by atoms with E-state index in [1.807, 2.05) is 12.3 Å². The van der Waals surface area contributed by atoms with E-state index in [2.05, 4.69) is 33.6 Å². The van der Waals surface area contributed by atoms with E-state index < -0.39 is 0 Å². The number of aryl methyl sites for hydroxylation is 1. The molecule has 0 amide bonds. The van der Waals surface area contributed by atoms with Crippen molar-refractivity contribution in [2.24, 2.45) is 10.9 Å². The van der Waals surface area contributed by atoms with Crippen LogP contribution in [0.1, 0.15) is 30.5 Å². The van der Waals surface area contributed by atoms with Crippen LogP contribution in [0.15, 0.2) is 23.3 Å². The molecule has 124 valence electrons. The third-order valence-corrected chi connectivity index (χ3v) is 3.57. The Hall–Kier alpha value is -0.890. The highest BCUT2D eigenvalue weighted by molar-refractivity contribution is 14.0. The van der Waals surface area contributed by atoms with Gasteiger partial charge in [0.25, 0.3) is 0 Å². The van der Waals surface area contributed by atoms with Crippen molar-refractivity contribution in [3.05, 3.63) is 29.6 Å². The molecule has 0 aliphatic heterocycles. The first-order chi connectivity index (χ1) is 10.3. The van der Waals surface area contributed by atoms with E-state index in [0.717, 1.165) is 43.8 Å². The smallest absolute Gasteiger partial charge is 0.191 e. The van der Waals surface area contributed by atoms with Gasteiger partial charge < -0.3 is 15.4 Å². The van der Waals surface area contributed by atoms with Crippen LogP contribution < -0.4 is 10.6 Å². The Morgan fingerprint density at radius 1 is 1.41 bits per heavy atom. The molecule has 2 N–H and O–H groups in total. The number of guanidine groups is 1. The van der Waals surface area contributed by atoms with Crippen molar-refractivity contribution in [3.63, 3.8) is 0 Å². The maximum atomic E-state index is 5.61. The summed E-state index contributed by atoms with van der Waals surface area (Å²) >= 11 is 0. The zero-order valence-corrected chi connectivity index (χ0v) is 15.8. The molecule has 1 aliphatic rings. The molecule has 1 fully saturated rings. The molecule has 6 heteroatoms. The summed E-state index contributed by atoms with van der Waals surface area (Å²) in [5, 5.41) is 6.58. The normalized spacial score (nSPS) is 14.4. The minimum atomic E-state index is 0. The second kappa shape index (κ2) is 10.8. The van der Waals surface area contributed by atoms with Crippen LogP contribution in [-0.2, 0) is 11.3 Å². The minimum absolute atomic E-state index is 0. The highest BCUT2D eigenvalue weighted by Gasteiger charge is 2.20. The van der Waals surface area contributed by atoms with Gasteiger partial charge in [-0.1, -0.05) is 6.07 Å². The number of halogens is 1. The van der Waals surface area contributed by atoms with E-state index in [1.165, 1.54) is 18.4 Å². The van der Waals surface area contributed by atoms with Crippen LogP contribution in [0, 0.1) is 12.8 Å². The van der Waals surface area contributed by atoms with Crippen LogP contribution in [0.25, 0.3) is 0 Å². The van der Waals surface area contributed by atoms with Gasteiger partial charge in [0, 0.05) is 33.0 Å². The van der Waals surface area contributed by atoms with Crippen molar-refractivity contribution in [3.8, 4) is 0 Å². The largest absolute Gasteiger partial charge is 0.381 e. The molecule has 0 aromatic carbocycles. The van der Waals surface area contributed by atoms with Crippen molar-refractivity contribution in [2.45, 2.75) is 32.7 Å². The molecule has 0 atom stereocenters. The van der Waals surface area contributed by atoms with Gasteiger partial charge in [0.15, 0.2) is 5.96 Å². The standard InChI is InChI=1S/C16H26N4O.HI/c1-13-5-3-8-18-15(13)11-20-16(17-2)19-9-4-10-21-12-14-6-7-14;/h3,5,8,14H,4,6-7,9-12H2,1-2H3,(H2,17,19,20);1H. The molecular weight excluding hydrogens is 391 g/mol. The first kappa shape index (κ1) is 19.2. The average Bonchev–Trinajstić information content (AvgIpc) is 3.31. The lowest BCUT2D eigenvalue weighted by molar-refractivity contribution is 0.123. The molecular formula is C16H27IN4O. The molecule has 2 rings (SSSR count). The van der Waals surface area contributed by atoms with Crippen LogP contribution in [-0.4, -0.2) is 37.7 Å². The summed E-state index contributed by atoms with van der Waals surface area (Å²) in [5.41, 5.74) is 2.24. The van der Waals surface area contributed by atoms with Gasteiger partial charge >= 0.3 is 0 Å². The fourth-order valence-corrected chi connectivity index (χ4v) is 2.01. The Morgan fingerprint density at radius 2 is 2.23 bits per heavy atom. The molecule has 1 aromatic heterocycles. The number of aliphatic imine (C=N–C) groups is 1. The van der Waals surface area contributed by atoms with Crippen LogP contribution in [0.4, 0.5) is 0 Å². The molecule has 0 unspecified atom stereocenters. The summed E-state index contributed by atoms with van der Waals surface area (Å²) in [4.78, 5) is 8.58. The van der Waals surface area contributed by atoms with Crippen molar-refractivity contribution < 1.29 is 4.74 Å². The molecule has 0 bridgehead atoms. The van der Waals surface area contributed by atoms with Crippen molar-refractivity contribution in [1.82, 2.24) is 15.6 Å². The number of nitrogens with one attached hydrogen (secondary N) is 2. The van der Waals surface area contributed by atoms with Crippen molar-refractivity contribution in [2.75, 3.05) is 26.8 Å². The highest BCUT2D eigenvalue weighted by atomic mass is 127. The van der Waals surface area contributed by atoms with Crippen LogP contribution >= 0.6 is 24.0 Å². The molecule has 0 spiro atoms. The summed E-state index contributed by atoms with van der Waals surface area (Å²) in [6, 6.07) is 4.02. The maximum absolute atomic E-state index is 5.61. The van der Waals surface area contributed by atoms with Gasteiger partial charge in [-0.05, 0) is 43.7 Å². The van der Waals surface area contributed by atoms with Gasteiger partial charge in [0.2, 0.25) is 0 Å². The van der Waals surface area contributed by atoms with Gasteiger partial charge in [-0.25, -0.2) is 0 Å². The van der Waals surface area contributed by atoms with E-state index in [9.17, 15) is 0 Å². The quantitative estimate of drug-likeness (QED) is 0.295. The molecule has 1 aliphatic carbocycles. The van der Waals surface area contributed by atoms with Crippen molar-refractivity contribution >= 4 is 29.9 Å². The first-order valence-electron chi connectivity index (χ1n) is 7.72. The number of pyridine rings is 1. The van der Waals surface area contributed by atoms with E-state index in [-0.39, 0.29) is 24.0 Å². The van der Waals surface area contributed by atoms with Crippen molar-refractivity contribution in [1.29, 1.82) is 0 Å². The van der Waals surface area contributed by atoms with Crippen LogP contribution in [0.3, 0.4) is 0 Å². The maximum Gasteiger partial charge on any atom is 0.191 e. The first-order valence-corrected chi connectivity index (χ1v) is 7.72. The Labute approximate surface area is 150 Å². The molecule has 22 heavy (non-hydrogen) atoms. The third-order valence-electron chi connectivity index (χ3n) is 3.57. The Kier molecular flexibility index (Phi) is 9.38. The van der Waals surface area contributed by atoms with E-state index in [0.29, 0.717) is 6.54 Å². The predicted octanol–water partition coefficient (Wildman–Crippen LogP) is 2.49. The van der Waals surface area contributed by atoms with Gasteiger partial charge in [-0.3, -0.25) is 9.98 Å². The van der Waals surface area contributed by atoms with Crippen LogP contribution in [0.5, 0.6) is 0 Å². The lowest BCUT2D eigenvalue weighted by atomic mass is 10.2. The highest BCUT2D eigenvalue weighted by Crippen LogP contribution is 2.28. The molecule has 1 saturated carbocycles. The SMILES string of the molecule is CN=C(NCCCOCC1CC1)NCc1ncccc1C.I. The topological polar surface area (TPSA) is 58.5 Å². The average molecular weight is 418 g/mol. The lowest BCUT2D eigenvalue weighted by Crippen LogP contribution is -2.37. The molecule has 0 radical (unpaired) electrons. The van der Waals surface area contributed by atoms with Gasteiger partial charge in [0.1, 0.15) is 0 Å². The second-order valence-electron chi connectivity index (χ2n) is 5.49. The number of ether oxygens (including phenoxy) is 1. The second-order valence-corrected chi connectivity index (χ2v) is 5.49. The minimum Gasteiger partial charge on any atom is -0.381 e. The predicted molar refractivity (Wildman–Crippen MR) is 101 cm³/mol. The zero-order valence-electron chi connectivity index (χ0n) is 13.5. The van der Waals surface area contributed by atoms with Gasteiger partial charge in [-0.15, -0.1) is 24.0 Å². The molecule has 1 heterocycles. The monoisotopic (exact) mass is 418 g/mol.